The van der Waals surface area contributed by atoms with Gasteiger partial charge in [0.2, 0.25) is 0 Å². The Morgan fingerprint density at radius 1 is 0.857 bits per heavy atom. The largest absolute Gasteiger partial charge is 0.462 e. The van der Waals surface area contributed by atoms with Crippen molar-refractivity contribution in [3.8, 4) is 0 Å². The molecule has 0 unspecified atom stereocenters. The highest BCUT2D eigenvalue weighted by Gasteiger charge is 2.65. The Morgan fingerprint density at radius 3 is 2.27 bits per heavy atom. The highest BCUT2D eigenvalue weighted by Crippen LogP contribution is 2.49. The first-order chi connectivity index (χ1) is 29.9. The van der Waals surface area contributed by atoms with E-state index in [2.05, 4.69) is 32.9 Å². The number of methoxy groups -OCH3 is 2. The third kappa shape index (κ3) is 9.84. The Labute approximate surface area is 373 Å². The van der Waals surface area contributed by atoms with Crippen molar-refractivity contribution in [1.29, 1.82) is 0 Å². The number of carbonyl (C=O) groups is 1. The molecule has 0 aromatic carbocycles. The number of aliphatic hydroxyl groups is 4. The zero-order valence-corrected chi connectivity index (χ0v) is 38.7. The number of allylic oxidation sites excluding steroid dienone is 2. The van der Waals surface area contributed by atoms with E-state index in [0.29, 0.717) is 31.3 Å². The van der Waals surface area contributed by atoms with Crippen LogP contribution in [-0.2, 0) is 52.2 Å². The standard InChI is InChI=1S/C48H74O15/c1-11-24(2)43-27(5)17-18-47(63-43)22-33-19-32(62-47)16-15-26(4)42(60-37-21-35(55-10)44(30(8)58-37)61-36-20-34(54-9)41(51)29(7)57-36)25(3)13-12-14-31-23-56-45-40(50)28(6)39(49)38(46(52)59-33)48(31,45)53/h12-15,17-18,24-25,27-30,32-45,49-51,53H,11,16,19-23H2,1-10H3/b13-12+,26-15+,31-14+/t24-,25-,27-,28-,29-,30-,32+,33-,34-,35-,36-,37-,38-,39+,40+,41-,42-,43+,44-,45+,47+,48+/m0/s1. The molecule has 7 aliphatic rings. The van der Waals surface area contributed by atoms with Crippen LogP contribution < -0.4 is 0 Å². The van der Waals surface area contributed by atoms with Crippen LogP contribution in [0, 0.1) is 29.6 Å². The lowest BCUT2D eigenvalue weighted by Crippen LogP contribution is -2.66. The summed E-state index contributed by atoms with van der Waals surface area (Å²) in [5, 5.41) is 46.0. The summed E-state index contributed by atoms with van der Waals surface area (Å²) in [6.07, 6.45) is 4.44. The molecule has 7 rings (SSSR count). The zero-order valence-electron chi connectivity index (χ0n) is 38.7. The first kappa shape index (κ1) is 48.8. The summed E-state index contributed by atoms with van der Waals surface area (Å²) in [4.78, 5) is 14.4. The Balaban J connectivity index is 1.19. The van der Waals surface area contributed by atoms with Gasteiger partial charge in [-0.05, 0) is 50.3 Å². The number of aliphatic hydroxyl groups excluding tert-OH is 3. The van der Waals surface area contributed by atoms with Gasteiger partial charge in [0.05, 0.1) is 61.5 Å². The van der Waals surface area contributed by atoms with E-state index in [-0.39, 0.29) is 36.9 Å². The molecule has 4 N–H and O–H groups in total. The summed E-state index contributed by atoms with van der Waals surface area (Å²) in [5.41, 5.74) is -0.752. The average Bonchev–Trinajstić information content (AvgIpc) is 3.58. The number of rotatable bonds is 8. The van der Waals surface area contributed by atoms with E-state index in [1.165, 1.54) is 0 Å². The number of fused-ring (bicyclic) bond motifs is 2. The molecule has 0 aromatic rings. The molecule has 1 spiro atoms. The zero-order chi connectivity index (χ0) is 45.5. The monoisotopic (exact) mass is 891 g/mol. The van der Waals surface area contributed by atoms with E-state index in [9.17, 15) is 25.2 Å². The van der Waals surface area contributed by atoms with Gasteiger partial charge < -0.3 is 67.8 Å². The molecule has 22 atom stereocenters. The maximum absolute atomic E-state index is 14.4. The van der Waals surface area contributed by atoms with Crippen LogP contribution >= 0.6 is 0 Å². The van der Waals surface area contributed by atoms with Crippen LogP contribution in [0.1, 0.15) is 93.9 Å². The second kappa shape index (κ2) is 20.0. The van der Waals surface area contributed by atoms with Crippen molar-refractivity contribution in [2.75, 3.05) is 20.8 Å². The van der Waals surface area contributed by atoms with Crippen molar-refractivity contribution in [3.63, 3.8) is 0 Å². The van der Waals surface area contributed by atoms with E-state index in [1.54, 1.807) is 40.2 Å². The van der Waals surface area contributed by atoms with Crippen LogP contribution in [0.3, 0.4) is 0 Å². The molecule has 1 saturated carbocycles. The van der Waals surface area contributed by atoms with Gasteiger partial charge in [-0.2, -0.15) is 0 Å². The first-order valence-electron chi connectivity index (χ1n) is 23.3. The summed E-state index contributed by atoms with van der Waals surface area (Å²) in [5.74, 6) is -3.99. The quantitative estimate of drug-likeness (QED) is 0.198. The smallest absolute Gasteiger partial charge is 0.315 e. The summed E-state index contributed by atoms with van der Waals surface area (Å²) < 4.78 is 63.5. The Bertz CT molecular complexity index is 1700. The highest BCUT2D eigenvalue weighted by molar-refractivity contribution is 5.77. The summed E-state index contributed by atoms with van der Waals surface area (Å²) in [7, 11) is 3.20. The van der Waals surface area contributed by atoms with Crippen molar-refractivity contribution in [2.45, 2.75) is 197 Å². The molecule has 6 heterocycles. The third-order valence-corrected chi connectivity index (χ3v) is 15.1. The predicted octanol–water partition coefficient (Wildman–Crippen LogP) is 4.43. The lowest BCUT2D eigenvalue weighted by Gasteiger charge is -2.49. The second-order valence-corrected chi connectivity index (χ2v) is 19.4. The number of esters is 1. The Morgan fingerprint density at radius 2 is 1.56 bits per heavy atom. The summed E-state index contributed by atoms with van der Waals surface area (Å²) in [6.45, 7) is 15.8. The van der Waals surface area contributed by atoms with Crippen molar-refractivity contribution in [3.05, 3.63) is 47.6 Å². The molecule has 63 heavy (non-hydrogen) atoms. The molecule has 0 aromatic heterocycles. The topological polar surface area (TPSA) is 190 Å². The van der Waals surface area contributed by atoms with Gasteiger partial charge in [0.1, 0.15) is 35.9 Å². The van der Waals surface area contributed by atoms with Crippen LogP contribution in [0.4, 0.5) is 0 Å². The Hall–Kier alpha value is -2.09. The molecule has 1 aliphatic carbocycles. The molecule has 15 nitrogen and oxygen atoms in total. The Kier molecular flexibility index (Phi) is 15.5. The van der Waals surface area contributed by atoms with Gasteiger partial charge in [0, 0.05) is 57.7 Å². The molecule has 0 radical (unpaired) electrons. The lowest BCUT2D eigenvalue weighted by molar-refractivity contribution is -0.318. The van der Waals surface area contributed by atoms with E-state index in [4.69, 9.17) is 47.4 Å². The molecule has 0 amide bonds. The number of hydrogen-bond acceptors (Lipinski definition) is 15. The van der Waals surface area contributed by atoms with Gasteiger partial charge in [-0.25, -0.2) is 0 Å². The third-order valence-electron chi connectivity index (χ3n) is 15.1. The molecule has 5 fully saturated rings. The molecule has 4 saturated heterocycles. The fraction of sp³-hybridized carbons (Fsp3) is 0.812. The molecular formula is C48H74O15. The number of carbonyl (C=O) groups excluding carboxylic acids is 1. The van der Waals surface area contributed by atoms with Gasteiger partial charge in [-0.3, -0.25) is 4.79 Å². The van der Waals surface area contributed by atoms with Gasteiger partial charge in [-0.1, -0.05) is 71.4 Å². The number of ether oxygens (including phenoxy) is 10. The van der Waals surface area contributed by atoms with Crippen molar-refractivity contribution in [2.24, 2.45) is 29.6 Å². The molecule has 15 heteroatoms. The van der Waals surface area contributed by atoms with Gasteiger partial charge in [-0.15, -0.1) is 0 Å². The van der Waals surface area contributed by atoms with Crippen molar-refractivity contribution in [1.82, 2.24) is 0 Å². The van der Waals surface area contributed by atoms with Gasteiger partial charge >= 0.3 is 5.97 Å². The summed E-state index contributed by atoms with van der Waals surface area (Å²) >= 11 is 0. The SMILES string of the molecule is CC[C@H](C)[C@H]1O[C@]2(C=C[C@@H]1C)C[C@@H]1C[C@@H](C/C=C(\C)[C@@H](O[C@H]3C[C@H](OC)[C@@H](O[C@H]4C[C@H](OC)[C@@H](O)[C@H](C)O4)[C@H](C)O3)[C@@H](C)/C=C/C=C3\CO[C@@H]4[C@H](O)[C@@H](C)[C@@H](O)[C@@H](C(=O)O1)[C@]34O)O2. The molecule has 2 bridgehead atoms. The fourth-order valence-corrected chi connectivity index (χ4v) is 11.0. The minimum absolute atomic E-state index is 0.0533. The molecule has 356 valence electrons. The minimum atomic E-state index is -2.04. The molecule has 6 aliphatic heterocycles. The van der Waals surface area contributed by atoms with Crippen molar-refractivity contribution < 1.29 is 72.6 Å². The maximum Gasteiger partial charge on any atom is 0.315 e. The lowest BCUT2D eigenvalue weighted by atomic mass is 9.64. The van der Waals surface area contributed by atoms with Crippen molar-refractivity contribution >= 4 is 5.97 Å². The van der Waals surface area contributed by atoms with Crippen LogP contribution in [0.2, 0.25) is 0 Å². The van der Waals surface area contributed by atoms with Crippen LogP contribution in [0.15, 0.2) is 47.6 Å². The van der Waals surface area contributed by atoms with E-state index in [1.807, 2.05) is 32.9 Å². The predicted molar refractivity (Wildman–Crippen MR) is 229 cm³/mol. The second-order valence-electron chi connectivity index (χ2n) is 19.4. The average molecular weight is 891 g/mol. The normalized spacial score (nSPS) is 51.0. The molecular weight excluding hydrogens is 817 g/mol. The fourth-order valence-electron chi connectivity index (χ4n) is 11.0. The minimum Gasteiger partial charge on any atom is -0.462 e. The van der Waals surface area contributed by atoms with Gasteiger partial charge in [0.15, 0.2) is 18.4 Å². The van der Waals surface area contributed by atoms with E-state index < -0.39 is 115 Å². The maximum atomic E-state index is 14.4. The highest BCUT2D eigenvalue weighted by atomic mass is 16.7. The van der Waals surface area contributed by atoms with Crippen LogP contribution in [0.5, 0.6) is 0 Å². The summed E-state index contributed by atoms with van der Waals surface area (Å²) in [6, 6.07) is 0. The van der Waals surface area contributed by atoms with Gasteiger partial charge in [0.25, 0.3) is 0 Å². The first-order valence-corrected chi connectivity index (χ1v) is 23.3. The van der Waals surface area contributed by atoms with E-state index >= 15 is 0 Å². The van der Waals surface area contributed by atoms with E-state index in [0.717, 1.165) is 12.0 Å². The van der Waals surface area contributed by atoms with Crippen LogP contribution in [0.25, 0.3) is 0 Å². The van der Waals surface area contributed by atoms with Crippen LogP contribution in [-0.4, -0.2) is 151 Å². The number of hydrogen-bond donors (Lipinski definition) is 4.